The highest BCUT2D eigenvalue weighted by atomic mass is 16.5. The van der Waals surface area contributed by atoms with Crippen molar-refractivity contribution in [3.05, 3.63) is 60.2 Å². The summed E-state index contributed by atoms with van der Waals surface area (Å²) in [7, 11) is 0. The fraction of sp³-hybridized carbons (Fsp3) is 0.188. The number of furan rings is 2. The first-order chi connectivity index (χ1) is 9.29. The fourth-order valence-corrected chi connectivity index (χ4v) is 1.56. The number of benzene rings is 2. The van der Waals surface area contributed by atoms with Gasteiger partial charge in [-0.2, -0.15) is 0 Å². The van der Waals surface area contributed by atoms with Gasteiger partial charge in [-0.1, -0.05) is 25.1 Å². The smallest absolute Gasteiger partial charge is 0.338 e. The summed E-state index contributed by atoms with van der Waals surface area (Å²) in [6.07, 6.45) is 0.860. The van der Waals surface area contributed by atoms with E-state index < -0.39 is 0 Å². The van der Waals surface area contributed by atoms with E-state index >= 15 is 0 Å². The molecule has 0 spiro atoms. The Morgan fingerprint density at radius 2 is 1.58 bits per heavy atom. The summed E-state index contributed by atoms with van der Waals surface area (Å²) in [6, 6.07) is 16.8. The van der Waals surface area contributed by atoms with Crippen molar-refractivity contribution in [2.24, 2.45) is 0 Å². The minimum Gasteiger partial charge on any atom is -0.462 e. The van der Waals surface area contributed by atoms with Crippen LogP contribution in [0.4, 0.5) is 0 Å². The predicted octanol–water partition coefficient (Wildman–Crippen LogP) is 4.12. The molecule has 0 saturated heterocycles. The van der Waals surface area contributed by atoms with Crippen molar-refractivity contribution in [1.82, 2.24) is 0 Å². The lowest BCUT2D eigenvalue weighted by Gasteiger charge is -2.01. The van der Waals surface area contributed by atoms with E-state index in [1.54, 1.807) is 12.1 Å². The number of rotatable bonds is 3. The highest BCUT2D eigenvalue weighted by Gasteiger charge is 2.03. The Morgan fingerprint density at radius 1 is 1.00 bits per heavy atom. The first kappa shape index (κ1) is 13.1. The zero-order valence-corrected chi connectivity index (χ0v) is 10.8. The van der Waals surface area contributed by atoms with Gasteiger partial charge in [-0.3, -0.25) is 0 Å². The molecule has 0 radical (unpaired) electrons. The number of carbonyl (C=O) groups excluding carboxylic acids is 1. The monoisotopic (exact) mass is 256 g/mol. The first-order valence-corrected chi connectivity index (χ1v) is 6.29. The standard InChI is InChI=1S/C10H12O2.C6H4O/c1-2-8-12-10(11)9-6-4-3-5-7-9;1-2-6-4-3-5(1)7-6/h3-7H,2,8H2,1H3;1-4H. The molecule has 2 heterocycles. The lowest BCUT2D eigenvalue weighted by molar-refractivity contribution is 0.0505. The molecule has 3 rings (SSSR count). The van der Waals surface area contributed by atoms with Crippen LogP contribution in [-0.2, 0) is 4.74 Å². The second-order valence-corrected chi connectivity index (χ2v) is 4.08. The van der Waals surface area contributed by atoms with Gasteiger partial charge in [-0.05, 0) is 42.8 Å². The van der Waals surface area contributed by atoms with Crippen LogP contribution in [0.3, 0.4) is 0 Å². The van der Waals surface area contributed by atoms with E-state index in [0.29, 0.717) is 12.2 Å². The van der Waals surface area contributed by atoms with E-state index in [0.717, 1.165) is 17.6 Å². The van der Waals surface area contributed by atoms with Crippen molar-refractivity contribution in [3.8, 4) is 0 Å². The van der Waals surface area contributed by atoms with Gasteiger partial charge in [0, 0.05) is 0 Å². The summed E-state index contributed by atoms with van der Waals surface area (Å²) in [5.74, 6) is -0.238. The maximum Gasteiger partial charge on any atom is 0.338 e. The second-order valence-electron chi connectivity index (χ2n) is 4.08. The van der Waals surface area contributed by atoms with Gasteiger partial charge in [0.25, 0.3) is 0 Å². The molecule has 98 valence electrons. The summed E-state index contributed by atoms with van der Waals surface area (Å²) >= 11 is 0. The Balaban J connectivity index is 0.000000159. The van der Waals surface area contributed by atoms with Crippen molar-refractivity contribution >= 4 is 17.1 Å². The lowest BCUT2D eigenvalue weighted by Crippen LogP contribution is -2.05. The van der Waals surface area contributed by atoms with Gasteiger partial charge in [-0.15, -0.1) is 0 Å². The molecule has 0 aliphatic carbocycles. The van der Waals surface area contributed by atoms with Crippen LogP contribution in [0, 0.1) is 0 Å². The van der Waals surface area contributed by atoms with Crippen LogP contribution in [0.5, 0.6) is 0 Å². The van der Waals surface area contributed by atoms with Crippen molar-refractivity contribution < 1.29 is 13.9 Å². The topological polar surface area (TPSA) is 39.4 Å². The van der Waals surface area contributed by atoms with Gasteiger partial charge in [0.1, 0.15) is 11.2 Å². The summed E-state index contributed by atoms with van der Waals surface area (Å²) in [6.45, 7) is 2.46. The summed E-state index contributed by atoms with van der Waals surface area (Å²) in [5, 5.41) is 0. The molecule has 0 atom stereocenters. The number of fused-ring (bicyclic) bond motifs is 2. The van der Waals surface area contributed by atoms with Crippen molar-refractivity contribution in [3.63, 3.8) is 0 Å². The van der Waals surface area contributed by atoms with Gasteiger partial charge in [-0.25, -0.2) is 4.79 Å². The van der Waals surface area contributed by atoms with E-state index in [2.05, 4.69) is 0 Å². The van der Waals surface area contributed by atoms with Crippen molar-refractivity contribution in [2.75, 3.05) is 6.61 Å². The van der Waals surface area contributed by atoms with Crippen LogP contribution >= 0.6 is 0 Å². The highest BCUT2D eigenvalue weighted by molar-refractivity contribution is 5.89. The number of ether oxygens (including phenoxy) is 1. The Bertz CT molecular complexity index is 553. The summed E-state index contributed by atoms with van der Waals surface area (Å²) in [4.78, 5) is 11.2. The van der Waals surface area contributed by atoms with Gasteiger partial charge in [0.2, 0.25) is 0 Å². The van der Waals surface area contributed by atoms with Crippen LogP contribution in [0.2, 0.25) is 0 Å². The number of carbonyl (C=O) groups is 1. The zero-order valence-electron chi connectivity index (χ0n) is 10.8. The van der Waals surface area contributed by atoms with Crippen LogP contribution in [-0.4, -0.2) is 12.6 Å². The van der Waals surface area contributed by atoms with Crippen LogP contribution in [0.25, 0.3) is 11.2 Å². The lowest BCUT2D eigenvalue weighted by atomic mass is 10.2. The largest absolute Gasteiger partial charge is 0.462 e. The van der Waals surface area contributed by atoms with E-state index in [1.807, 2.05) is 49.4 Å². The molecule has 2 aromatic heterocycles. The quantitative estimate of drug-likeness (QED) is 0.661. The fourth-order valence-electron chi connectivity index (χ4n) is 1.56. The van der Waals surface area contributed by atoms with Crippen LogP contribution < -0.4 is 0 Å². The molecular weight excluding hydrogens is 240 g/mol. The predicted molar refractivity (Wildman–Crippen MR) is 74.4 cm³/mol. The molecule has 1 aromatic carbocycles. The number of hydrogen-bond donors (Lipinski definition) is 0. The Kier molecular flexibility index (Phi) is 4.56. The summed E-state index contributed by atoms with van der Waals surface area (Å²) in [5.41, 5.74) is 2.55. The number of hydrogen-bond acceptors (Lipinski definition) is 3. The molecule has 0 fully saturated rings. The molecular formula is C16H16O3. The average Bonchev–Trinajstić information content (AvgIpc) is 3.11. The van der Waals surface area contributed by atoms with Crippen LogP contribution in [0.15, 0.2) is 59.0 Å². The SMILES string of the molecule is CCCOC(=O)c1ccccc1.c1cc2ccc1o2. The molecule has 3 aromatic rings. The van der Waals surface area contributed by atoms with E-state index in [1.165, 1.54) is 0 Å². The Hall–Kier alpha value is -2.29. The van der Waals surface area contributed by atoms with E-state index in [4.69, 9.17) is 9.15 Å². The average molecular weight is 256 g/mol. The van der Waals surface area contributed by atoms with E-state index in [9.17, 15) is 4.79 Å². The second kappa shape index (κ2) is 6.59. The third kappa shape index (κ3) is 3.85. The molecule has 0 N–H and O–H groups in total. The number of esters is 1. The van der Waals surface area contributed by atoms with Crippen molar-refractivity contribution in [2.45, 2.75) is 13.3 Å². The third-order valence-corrected chi connectivity index (χ3v) is 2.51. The molecule has 0 aliphatic rings. The molecule has 2 bridgehead atoms. The normalized spacial score (nSPS) is 9.95. The first-order valence-electron chi connectivity index (χ1n) is 6.29. The third-order valence-electron chi connectivity index (χ3n) is 2.51. The van der Waals surface area contributed by atoms with Gasteiger partial charge < -0.3 is 9.15 Å². The molecule has 0 aliphatic heterocycles. The van der Waals surface area contributed by atoms with Crippen LogP contribution in [0.1, 0.15) is 23.7 Å². The van der Waals surface area contributed by atoms with Crippen molar-refractivity contribution in [1.29, 1.82) is 0 Å². The molecule has 0 saturated carbocycles. The van der Waals surface area contributed by atoms with E-state index in [-0.39, 0.29) is 5.97 Å². The van der Waals surface area contributed by atoms with Gasteiger partial charge >= 0.3 is 5.97 Å². The molecule has 3 heteroatoms. The van der Waals surface area contributed by atoms with Gasteiger partial charge in [0.05, 0.1) is 12.2 Å². The molecule has 0 unspecified atom stereocenters. The summed E-state index contributed by atoms with van der Waals surface area (Å²) < 4.78 is 10.0. The maximum absolute atomic E-state index is 11.2. The zero-order chi connectivity index (χ0) is 13.5. The Morgan fingerprint density at radius 3 is 2.00 bits per heavy atom. The minimum absolute atomic E-state index is 0.238. The highest BCUT2D eigenvalue weighted by Crippen LogP contribution is 2.13. The minimum atomic E-state index is -0.238. The molecule has 19 heavy (non-hydrogen) atoms. The maximum atomic E-state index is 11.2. The molecule has 3 nitrogen and oxygen atoms in total. The Labute approximate surface area is 112 Å². The molecule has 0 amide bonds. The van der Waals surface area contributed by atoms with Gasteiger partial charge in [0.15, 0.2) is 0 Å².